The molecule has 0 aliphatic rings. The number of unbranched alkanes of at least 4 members (excludes halogenated alkanes) is 1. The number of fused-ring (bicyclic) bond motifs is 1. The van der Waals surface area contributed by atoms with Gasteiger partial charge in [-0.2, -0.15) is 0 Å². The molecule has 15 heteroatoms. The van der Waals surface area contributed by atoms with Gasteiger partial charge in [-0.25, -0.2) is 5.48 Å². The maximum Gasteiger partial charge on any atom is 0.303 e. The number of carbonyl (C=O) groups excluding carboxylic acids is 5. The fraction of sp³-hybridized carbons (Fsp3) is 0.533. The molecule has 0 unspecified atom stereocenters. The van der Waals surface area contributed by atoms with Gasteiger partial charge in [0.2, 0.25) is 29.5 Å². The number of carbonyl (C=O) groups is 6. The van der Waals surface area contributed by atoms with Crippen LogP contribution in [0.15, 0.2) is 30.5 Å². The molecule has 0 aliphatic carbocycles. The van der Waals surface area contributed by atoms with Crippen LogP contribution in [0.1, 0.15) is 64.4 Å². The lowest BCUT2D eigenvalue weighted by atomic mass is 9.92. The lowest BCUT2D eigenvalue weighted by Gasteiger charge is -2.26. The Balaban J connectivity index is 2.37. The van der Waals surface area contributed by atoms with Gasteiger partial charge in [0.1, 0.15) is 18.1 Å². The van der Waals surface area contributed by atoms with E-state index in [9.17, 15) is 33.9 Å². The SMILES string of the molecule is CC(C)C[C@H](CC(=O)NO)C(=O)N[C@@H](Cc1c[nH]c2ccccc12)C(=O)N[C@@H](CCC(=O)O)C(=O)N[C@@H](CCCCN)C(N)=O. The Labute approximate surface area is 261 Å². The van der Waals surface area contributed by atoms with E-state index in [-0.39, 0.29) is 38.0 Å². The summed E-state index contributed by atoms with van der Waals surface area (Å²) in [4.78, 5) is 78.9. The number of amides is 5. The van der Waals surface area contributed by atoms with Crippen molar-refractivity contribution in [2.75, 3.05) is 6.54 Å². The van der Waals surface area contributed by atoms with E-state index in [2.05, 4.69) is 20.9 Å². The zero-order valence-corrected chi connectivity index (χ0v) is 25.6. The lowest BCUT2D eigenvalue weighted by molar-refractivity contribution is -0.139. The van der Waals surface area contributed by atoms with Crippen molar-refractivity contribution in [2.24, 2.45) is 23.3 Å². The number of nitrogens with one attached hydrogen (secondary N) is 5. The molecule has 1 aromatic heterocycles. The van der Waals surface area contributed by atoms with Gasteiger partial charge < -0.3 is 37.5 Å². The average Bonchev–Trinajstić information content (AvgIpc) is 3.39. The molecule has 4 atom stereocenters. The van der Waals surface area contributed by atoms with E-state index in [1.165, 1.54) is 5.48 Å². The molecule has 248 valence electrons. The Hall–Kier alpha value is -4.50. The van der Waals surface area contributed by atoms with E-state index in [0.29, 0.717) is 24.9 Å². The Morgan fingerprint density at radius 1 is 0.889 bits per heavy atom. The third-order valence-corrected chi connectivity index (χ3v) is 7.30. The van der Waals surface area contributed by atoms with Gasteiger partial charge in [-0.05, 0) is 56.2 Å². The molecule has 1 aromatic carbocycles. The number of primary amides is 1. The highest BCUT2D eigenvalue weighted by molar-refractivity contribution is 5.95. The Morgan fingerprint density at radius 2 is 1.53 bits per heavy atom. The number of carboxylic acid groups (broad SMARTS) is 1. The summed E-state index contributed by atoms with van der Waals surface area (Å²) < 4.78 is 0. The highest BCUT2D eigenvalue weighted by Crippen LogP contribution is 2.21. The topological polar surface area (TPSA) is 259 Å². The maximum atomic E-state index is 13.8. The number of para-hydroxylation sites is 1. The summed E-state index contributed by atoms with van der Waals surface area (Å²) in [7, 11) is 0. The monoisotopic (exact) mass is 631 g/mol. The number of hydroxylamine groups is 1. The van der Waals surface area contributed by atoms with Crippen LogP contribution in [0.3, 0.4) is 0 Å². The molecular formula is C30H45N7O8. The summed E-state index contributed by atoms with van der Waals surface area (Å²) in [6, 6.07) is 3.63. The lowest BCUT2D eigenvalue weighted by Crippen LogP contribution is -2.57. The third-order valence-electron chi connectivity index (χ3n) is 7.30. The Kier molecular flexibility index (Phi) is 15.0. The predicted molar refractivity (Wildman–Crippen MR) is 164 cm³/mol. The van der Waals surface area contributed by atoms with Crippen molar-refractivity contribution in [3.63, 3.8) is 0 Å². The highest BCUT2D eigenvalue weighted by Gasteiger charge is 2.32. The zero-order valence-electron chi connectivity index (χ0n) is 25.6. The van der Waals surface area contributed by atoms with Crippen molar-refractivity contribution >= 4 is 46.4 Å². The van der Waals surface area contributed by atoms with Crippen LogP contribution < -0.4 is 32.9 Å². The molecule has 0 radical (unpaired) electrons. The number of aromatic nitrogens is 1. The van der Waals surface area contributed by atoms with Gasteiger partial charge in [-0.15, -0.1) is 0 Å². The molecule has 0 saturated carbocycles. The van der Waals surface area contributed by atoms with Gasteiger partial charge in [0.25, 0.3) is 0 Å². The average molecular weight is 632 g/mol. The van der Waals surface area contributed by atoms with E-state index < -0.39 is 66.0 Å². The number of aliphatic carboxylic acids is 1. The molecule has 0 aliphatic heterocycles. The zero-order chi connectivity index (χ0) is 33.5. The van der Waals surface area contributed by atoms with Crippen LogP contribution in [0.4, 0.5) is 0 Å². The molecule has 0 bridgehead atoms. The fourth-order valence-corrected chi connectivity index (χ4v) is 5.00. The van der Waals surface area contributed by atoms with Gasteiger partial charge in [0, 0.05) is 42.3 Å². The standard InChI is InChI=1S/C30H45N7O8/c1-17(2)13-18(15-25(38)37-45)28(42)36-24(14-19-16-33-21-8-4-3-7-20(19)21)30(44)35-23(10-11-26(39)40)29(43)34-22(27(32)41)9-5-6-12-31/h3-4,7-8,16-18,22-24,33,45H,5-6,9-15,31H2,1-2H3,(H2,32,41)(H,34,43)(H,35,44)(H,36,42)(H,37,38)(H,39,40)/t18-,22+,23+,24+/m1/s1. The fourth-order valence-electron chi connectivity index (χ4n) is 5.00. The molecule has 2 rings (SSSR count). The number of rotatable bonds is 20. The molecule has 1 heterocycles. The van der Waals surface area contributed by atoms with Crippen LogP contribution in [-0.2, 0) is 35.2 Å². The summed E-state index contributed by atoms with van der Waals surface area (Å²) in [5, 5.41) is 26.8. The van der Waals surface area contributed by atoms with Crippen LogP contribution in [0.5, 0.6) is 0 Å². The molecule has 2 aromatic rings. The van der Waals surface area contributed by atoms with E-state index >= 15 is 0 Å². The van der Waals surface area contributed by atoms with Crippen molar-refractivity contribution < 1.29 is 39.1 Å². The summed E-state index contributed by atoms with van der Waals surface area (Å²) in [6.07, 6.45) is 2.14. The number of aromatic amines is 1. The largest absolute Gasteiger partial charge is 0.481 e. The van der Waals surface area contributed by atoms with Gasteiger partial charge >= 0.3 is 5.97 Å². The third kappa shape index (κ3) is 12.2. The summed E-state index contributed by atoms with van der Waals surface area (Å²) >= 11 is 0. The van der Waals surface area contributed by atoms with Crippen molar-refractivity contribution in [3.8, 4) is 0 Å². The first kappa shape index (κ1) is 36.7. The van der Waals surface area contributed by atoms with Crippen LogP contribution >= 0.6 is 0 Å². The second-order valence-electron chi connectivity index (χ2n) is 11.4. The summed E-state index contributed by atoms with van der Waals surface area (Å²) in [5.41, 5.74) is 14.0. The van der Waals surface area contributed by atoms with Crippen molar-refractivity contribution in [1.82, 2.24) is 26.4 Å². The number of H-pyrrole nitrogens is 1. The number of benzene rings is 1. The second-order valence-corrected chi connectivity index (χ2v) is 11.4. The quantitative estimate of drug-likeness (QED) is 0.0548. The van der Waals surface area contributed by atoms with Gasteiger partial charge in [-0.3, -0.25) is 34.0 Å². The molecule has 45 heavy (non-hydrogen) atoms. The summed E-state index contributed by atoms with van der Waals surface area (Å²) in [6.45, 7) is 4.09. The Morgan fingerprint density at radius 3 is 2.16 bits per heavy atom. The van der Waals surface area contributed by atoms with E-state index in [0.717, 1.165) is 10.9 Å². The first-order chi connectivity index (χ1) is 21.4. The molecule has 0 fully saturated rings. The van der Waals surface area contributed by atoms with E-state index in [1.807, 2.05) is 38.1 Å². The molecular weight excluding hydrogens is 586 g/mol. The van der Waals surface area contributed by atoms with Gasteiger partial charge in [0.15, 0.2) is 0 Å². The summed E-state index contributed by atoms with van der Waals surface area (Å²) in [5.74, 6) is -5.87. The highest BCUT2D eigenvalue weighted by atomic mass is 16.5. The van der Waals surface area contributed by atoms with E-state index in [4.69, 9.17) is 16.7 Å². The first-order valence-corrected chi connectivity index (χ1v) is 15.0. The molecule has 0 spiro atoms. The van der Waals surface area contributed by atoms with Crippen LogP contribution in [0, 0.1) is 11.8 Å². The van der Waals surface area contributed by atoms with Crippen LogP contribution in [0.25, 0.3) is 10.9 Å². The number of hydrogen-bond donors (Lipinski definition) is 9. The molecule has 5 amide bonds. The number of carboxylic acids is 1. The first-order valence-electron chi connectivity index (χ1n) is 15.0. The maximum absolute atomic E-state index is 13.8. The van der Waals surface area contributed by atoms with Crippen molar-refractivity contribution in [3.05, 3.63) is 36.0 Å². The molecule has 15 nitrogen and oxygen atoms in total. The molecule has 0 saturated heterocycles. The minimum Gasteiger partial charge on any atom is -0.481 e. The Bertz CT molecular complexity index is 1330. The van der Waals surface area contributed by atoms with Crippen LogP contribution in [0.2, 0.25) is 0 Å². The van der Waals surface area contributed by atoms with E-state index in [1.54, 1.807) is 6.20 Å². The van der Waals surface area contributed by atoms with Gasteiger partial charge in [-0.1, -0.05) is 32.0 Å². The smallest absolute Gasteiger partial charge is 0.303 e. The van der Waals surface area contributed by atoms with Crippen molar-refractivity contribution in [1.29, 1.82) is 0 Å². The number of nitrogens with two attached hydrogens (primary N) is 2. The van der Waals surface area contributed by atoms with Crippen LogP contribution in [-0.4, -0.2) is 75.5 Å². The minimum absolute atomic E-state index is 0.000264. The normalized spacial score (nSPS) is 13.8. The number of hydrogen-bond acceptors (Lipinski definition) is 8. The van der Waals surface area contributed by atoms with Crippen molar-refractivity contribution in [2.45, 2.75) is 83.3 Å². The second kappa shape index (κ2) is 18.3. The minimum atomic E-state index is -1.38. The predicted octanol–water partition coefficient (Wildman–Crippen LogP) is 0.202. The molecule has 11 N–H and O–H groups in total. The van der Waals surface area contributed by atoms with Gasteiger partial charge in [0.05, 0.1) is 0 Å².